The maximum Gasteiger partial charge on any atom is 0.217 e. The molecule has 0 aliphatic heterocycles. The number of nitrogens with zero attached hydrogens (tertiary/aromatic N) is 3. The second-order valence-corrected chi connectivity index (χ2v) is 2.80. The number of rotatable bonds is 1. The molecule has 0 atom stereocenters. The molecule has 0 aromatic carbocycles. The Morgan fingerprint density at radius 1 is 1.54 bits per heavy atom. The van der Waals surface area contributed by atoms with Gasteiger partial charge in [0, 0.05) is 6.20 Å². The standard InChI is InChI=1S/C10H9N3/c1-2-8-9-5-3-4-6-13(9)10(7-11)12-8/h3-6H,2H2,1H3. The van der Waals surface area contributed by atoms with E-state index in [2.05, 4.69) is 11.1 Å². The summed E-state index contributed by atoms with van der Waals surface area (Å²) in [7, 11) is 0. The van der Waals surface area contributed by atoms with Gasteiger partial charge in [0.25, 0.3) is 0 Å². The highest BCUT2D eigenvalue weighted by atomic mass is 15.0. The Morgan fingerprint density at radius 3 is 3.08 bits per heavy atom. The normalized spacial score (nSPS) is 10.2. The van der Waals surface area contributed by atoms with Crippen molar-refractivity contribution in [3.63, 3.8) is 0 Å². The van der Waals surface area contributed by atoms with Crippen LogP contribution in [-0.2, 0) is 6.42 Å². The third kappa shape index (κ3) is 1.07. The summed E-state index contributed by atoms with van der Waals surface area (Å²) in [5.41, 5.74) is 2.01. The van der Waals surface area contributed by atoms with Crippen molar-refractivity contribution >= 4 is 5.52 Å². The van der Waals surface area contributed by atoms with E-state index in [0.717, 1.165) is 17.6 Å². The lowest BCUT2D eigenvalue weighted by Crippen LogP contribution is -1.86. The number of nitriles is 1. The summed E-state index contributed by atoms with van der Waals surface area (Å²) in [5.74, 6) is 0.465. The number of hydrogen-bond donors (Lipinski definition) is 0. The number of aryl methyl sites for hydroxylation is 1. The molecule has 0 saturated heterocycles. The van der Waals surface area contributed by atoms with Crippen molar-refractivity contribution in [1.82, 2.24) is 9.38 Å². The molecule has 0 radical (unpaired) electrons. The number of imidazole rings is 1. The molecule has 0 saturated carbocycles. The molecule has 0 amide bonds. The summed E-state index contributed by atoms with van der Waals surface area (Å²) >= 11 is 0. The molecule has 0 spiro atoms. The van der Waals surface area contributed by atoms with Crippen LogP contribution in [0.15, 0.2) is 24.4 Å². The van der Waals surface area contributed by atoms with Gasteiger partial charge in [-0.1, -0.05) is 13.0 Å². The summed E-state index contributed by atoms with van der Waals surface area (Å²) in [6.45, 7) is 2.04. The van der Waals surface area contributed by atoms with E-state index >= 15 is 0 Å². The van der Waals surface area contributed by atoms with Crippen LogP contribution in [0.3, 0.4) is 0 Å². The van der Waals surface area contributed by atoms with Gasteiger partial charge in [-0.2, -0.15) is 5.26 Å². The zero-order chi connectivity index (χ0) is 9.26. The topological polar surface area (TPSA) is 41.1 Å². The van der Waals surface area contributed by atoms with Crippen molar-refractivity contribution in [2.24, 2.45) is 0 Å². The molecule has 13 heavy (non-hydrogen) atoms. The van der Waals surface area contributed by atoms with Gasteiger partial charge in [0.15, 0.2) is 0 Å². The average molecular weight is 171 g/mol. The number of fused-ring (bicyclic) bond motifs is 1. The minimum absolute atomic E-state index is 0.465. The van der Waals surface area contributed by atoms with E-state index in [-0.39, 0.29) is 0 Å². The quantitative estimate of drug-likeness (QED) is 0.656. The first-order valence-corrected chi connectivity index (χ1v) is 4.23. The van der Waals surface area contributed by atoms with E-state index in [4.69, 9.17) is 5.26 Å². The first kappa shape index (κ1) is 7.81. The largest absolute Gasteiger partial charge is 0.291 e. The fraction of sp³-hybridized carbons (Fsp3) is 0.200. The van der Waals surface area contributed by atoms with Gasteiger partial charge in [0.05, 0.1) is 11.2 Å². The number of aromatic nitrogens is 2. The van der Waals surface area contributed by atoms with Crippen LogP contribution in [0.2, 0.25) is 0 Å². The molecule has 0 aliphatic rings. The molecular weight excluding hydrogens is 162 g/mol. The predicted octanol–water partition coefficient (Wildman–Crippen LogP) is 1.77. The summed E-state index contributed by atoms with van der Waals surface area (Å²) in [5, 5.41) is 8.81. The molecule has 2 aromatic rings. The Bertz CT molecular complexity index is 476. The van der Waals surface area contributed by atoms with Crippen LogP contribution in [0.4, 0.5) is 0 Å². The molecule has 0 unspecified atom stereocenters. The van der Waals surface area contributed by atoms with Crippen LogP contribution in [0.5, 0.6) is 0 Å². The maximum absolute atomic E-state index is 8.81. The number of pyridine rings is 1. The van der Waals surface area contributed by atoms with Gasteiger partial charge in [0.2, 0.25) is 5.82 Å². The summed E-state index contributed by atoms with van der Waals surface area (Å²) < 4.78 is 1.82. The van der Waals surface area contributed by atoms with E-state index in [1.807, 2.05) is 35.7 Å². The van der Waals surface area contributed by atoms with Crippen LogP contribution >= 0.6 is 0 Å². The predicted molar refractivity (Wildman–Crippen MR) is 49.3 cm³/mol. The highest BCUT2D eigenvalue weighted by molar-refractivity contribution is 5.54. The van der Waals surface area contributed by atoms with Crippen LogP contribution < -0.4 is 0 Å². The van der Waals surface area contributed by atoms with Crippen molar-refractivity contribution in [3.8, 4) is 6.07 Å². The van der Waals surface area contributed by atoms with E-state index in [1.165, 1.54) is 0 Å². The van der Waals surface area contributed by atoms with Gasteiger partial charge in [-0.3, -0.25) is 4.40 Å². The Hall–Kier alpha value is -1.82. The molecule has 0 N–H and O–H groups in total. The fourth-order valence-corrected chi connectivity index (χ4v) is 1.44. The zero-order valence-corrected chi connectivity index (χ0v) is 7.36. The van der Waals surface area contributed by atoms with Gasteiger partial charge in [0.1, 0.15) is 6.07 Å². The molecule has 0 bridgehead atoms. The smallest absolute Gasteiger partial charge is 0.217 e. The first-order valence-electron chi connectivity index (χ1n) is 4.23. The van der Waals surface area contributed by atoms with E-state index in [0.29, 0.717) is 5.82 Å². The average Bonchev–Trinajstić information content (AvgIpc) is 2.56. The minimum Gasteiger partial charge on any atom is -0.291 e. The third-order valence-electron chi connectivity index (χ3n) is 2.06. The molecule has 64 valence electrons. The number of hydrogen-bond acceptors (Lipinski definition) is 2. The summed E-state index contributed by atoms with van der Waals surface area (Å²) in [4.78, 5) is 4.23. The van der Waals surface area contributed by atoms with Gasteiger partial charge in [-0.15, -0.1) is 0 Å². The molecule has 2 aromatic heterocycles. The molecule has 3 heteroatoms. The zero-order valence-electron chi connectivity index (χ0n) is 7.36. The van der Waals surface area contributed by atoms with Gasteiger partial charge in [-0.05, 0) is 18.6 Å². The minimum atomic E-state index is 0.465. The van der Waals surface area contributed by atoms with E-state index < -0.39 is 0 Å². The molecule has 3 nitrogen and oxygen atoms in total. The van der Waals surface area contributed by atoms with Crippen LogP contribution in [0.1, 0.15) is 18.4 Å². The monoisotopic (exact) mass is 171 g/mol. The molecule has 0 fully saturated rings. The Labute approximate surface area is 76.3 Å². The van der Waals surface area contributed by atoms with Crippen molar-refractivity contribution in [2.75, 3.05) is 0 Å². The molecule has 2 heterocycles. The first-order chi connectivity index (χ1) is 6.36. The SMILES string of the molecule is CCc1nc(C#N)n2ccccc12. The van der Waals surface area contributed by atoms with Crippen molar-refractivity contribution < 1.29 is 0 Å². The highest BCUT2D eigenvalue weighted by Crippen LogP contribution is 2.12. The summed E-state index contributed by atoms with van der Waals surface area (Å²) in [6, 6.07) is 7.91. The third-order valence-corrected chi connectivity index (χ3v) is 2.06. The van der Waals surface area contributed by atoms with Gasteiger partial charge >= 0.3 is 0 Å². The second-order valence-electron chi connectivity index (χ2n) is 2.80. The van der Waals surface area contributed by atoms with Crippen molar-refractivity contribution in [3.05, 3.63) is 35.9 Å². The molecule has 0 aliphatic carbocycles. The van der Waals surface area contributed by atoms with Crippen LogP contribution in [0, 0.1) is 11.3 Å². The van der Waals surface area contributed by atoms with Crippen molar-refractivity contribution in [2.45, 2.75) is 13.3 Å². The van der Waals surface area contributed by atoms with Crippen LogP contribution in [-0.4, -0.2) is 9.38 Å². The highest BCUT2D eigenvalue weighted by Gasteiger charge is 2.06. The lowest BCUT2D eigenvalue weighted by atomic mass is 10.3. The second kappa shape index (κ2) is 2.91. The van der Waals surface area contributed by atoms with E-state index in [9.17, 15) is 0 Å². The molecule has 2 rings (SSSR count). The summed E-state index contributed by atoms with van der Waals surface area (Å²) in [6.07, 6.45) is 2.72. The Morgan fingerprint density at radius 2 is 2.38 bits per heavy atom. The van der Waals surface area contributed by atoms with Crippen molar-refractivity contribution in [1.29, 1.82) is 5.26 Å². The van der Waals surface area contributed by atoms with Crippen LogP contribution in [0.25, 0.3) is 5.52 Å². The van der Waals surface area contributed by atoms with Gasteiger partial charge < -0.3 is 0 Å². The lowest BCUT2D eigenvalue weighted by molar-refractivity contribution is 1.05. The Kier molecular flexibility index (Phi) is 1.75. The fourth-order valence-electron chi connectivity index (χ4n) is 1.44. The van der Waals surface area contributed by atoms with E-state index in [1.54, 1.807) is 0 Å². The lowest BCUT2D eigenvalue weighted by Gasteiger charge is -1.93. The van der Waals surface area contributed by atoms with Gasteiger partial charge in [-0.25, -0.2) is 4.98 Å². The maximum atomic E-state index is 8.81. The Balaban J connectivity index is 2.84. The molecular formula is C10H9N3.